The SMILES string of the molecule is CCCC(N)C(O)CC(C)c1ccc(OC)c(Cl)c1. The molecule has 0 saturated carbocycles. The van der Waals surface area contributed by atoms with Gasteiger partial charge in [-0.15, -0.1) is 0 Å². The summed E-state index contributed by atoms with van der Waals surface area (Å²) in [5.41, 5.74) is 7.02. The molecule has 1 aromatic carbocycles. The van der Waals surface area contributed by atoms with E-state index >= 15 is 0 Å². The second kappa shape index (κ2) is 7.73. The van der Waals surface area contributed by atoms with Gasteiger partial charge in [-0.25, -0.2) is 0 Å². The van der Waals surface area contributed by atoms with E-state index in [1.165, 1.54) is 0 Å². The number of halogens is 1. The van der Waals surface area contributed by atoms with Crippen molar-refractivity contribution in [2.24, 2.45) is 5.73 Å². The van der Waals surface area contributed by atoms with E-state index in [4.69, 9.17) is 22.1 Å². The highest BCUT2D eigenvalue weighted by Crippen LogP contribution is 2.30. The summed E-state index contributed by atoms with van der Waals surface area (Å²) in [6.07, 6.45) is 2.00. The fourth-order valence-electron chi connectivity index (χ4n) is 2.19. The van der Waals surface area contributed by atoms with Crippen LogP contribution in [0.25, 0.3) is 0 Å². The number of methoxy groups -OCH3 is 1. The average Bonchev–Trinajstić information content (AvgIpc) is 2.38. The maximum atomic E-state index is 10.1. The molecule has 0 aromatic heterocycles. The molecule has 19 heavy (non-hydrogen) atoms. The first-order valence-electron chi connectivity index (χ1n) is 6.76. The van der Waals surface area contributed by atoms with Gasteiger partial charge < -0.3 is 15.6 Å². The highest BCUT2D eigenvalue weighted by atomic mass is 35.5. The molecule has 0 heterocycles. The number of aliphatic hydroxyl groups is 1. The molecule has 0 radical (unpaired) electrons. The summed E-state index contributed by atoms with van der Waals surface area (Å²) in [6, 6.07) is 5.57. The zero-order valence-corrected chi connectivity index (χ0v) is 12.7. The molecule has 0 aliphatic heterocycles. The Bertz CT molecular complexity index is 398. The van der Waals surface area contributed by atoms with Crippen molar-refractivity contribution < 1.29 is 9.84 Å². The molecule has 1 rings (SSSR count). The summed E-state index contributed by atoms with van der Waals surface area (Å²) in [5.74, 6) is 0.877. The molecule has 0 spiro atoms. The fraction of sp³-hybridized carbons (Fsp3) is 0.600. The minimum absolute atomic E-state index is 0.152. The molecule has 3 N–H and O–H groups in total. The third kappa shape index (κ3) is 4.68. The van der Waals surface area contributed by atoms with Crippen LogP contribution < -0.4 is 10.5 Å². The van der Waals surface area contributed by atoms with Crippen LogP contribution in [0.15, 0.2) is 18.2 Å². The van der Waals surface area contributed by atoms with Gasteiger partial charge in [0.2, 0.25) is 0 Å². The lowest BCUT2D eigenvalue weighted by molar-refractivity contribution is 0.124. The molecule has 0 bridgehead atoms. The quantitative estimate of drug-likeness (QED) is 0.808. The molecule has 0 aliphatic rings. The lowest BCUT2D eigenvalue weighted by Gasteiger charge is -2.22. The van der Waals surface area contributed by atoms with E-state index in [-0.39, 0.29) is 12.0 Å². The maximum Gasteiger partial charge on any atom is 0.137 e. The Hall–Kier alpha value is -0.770. The topological polar surface area (TPSA) is 55.5 Å². The van der Waals surface area contributed by atoms with Crippen LogP contribution in [0.3, 0.4) is 0 Å². The Morgan fingerprint density at radius 1 is 1.42 bits per heavy atom. The van der Waals surface area contributed by atoms with Crippen LogP contribution in [-0.4, -0.2) is 24.4 Å². The van der Waals surface area contributed by atoms with Gasteiger partial charge in [0.05, 0.1) is 18.2 Å². The number of rotatable bonds is 7. The molecule has 3 atom stereocenters. The minimum atomic E-state index is -0.476. The first kappa shape index (κ1) is 16.3. The van der Waals surface area contributed by atoms with E-state index in [1.807, 2.05) is 18.2 Å². The normalized spacial score (nSPS) is 15.9. The van der Waals surface area contributed by atoms with E-state index in [0.717, 1.165) is 18.4 Å². The lowest BCUT2D eigenvalue weighted by atomic mass is 9.91. The minimum Gasteiger partial charge on any atom is -0.495 e. The molecule has 0 amide bonds. The van der Waals surface area contributed by atoms with Crippen molar-refractivity contribution in [2.75, 3.05) is 7.11 Å². The van der Waals surface area contributed by atoms with Crippen LogP contribution in [0.1, 0.15) is 44.6 Å². The second-order valence-electron chi connectivity index (χ2n) is 5.05. The van der Waals surface area contributed by atoms with Gasteiger partial charge in [0.15, 0.2) is 0 Å². The van der Waals surface area contributed by atoms with Crippen LogP contribution in [0.2, 0.25) is 5.02 Å². The number of benzene rings is 1. The smallest absolute Gasteiger partial charge is 0.137 e. The average molecular weight is 286 g/mol. The van der Waals surface area contributed by atoms with Crippen LogP contribution in [0.4, 0.5) is 0 Å². The summed E-state index contributed by atoms with van der Waals surface area (Å²) < 4.78 is 5.13. The highest BCUT2D eigenvalue weighted by Gasteiger charge is 2.18. The monoisotopic (exact) mass is 285 g/mol. The van der Waals surface area contributed by atoms with Crippen LogP contribution in [0.5, 0.6) is 5.75 Å². The van der Waals surface area contributed by atoms with Crippen LogP contribution >= 0.6 is 11.6 Å². The second-order valence-corrected chi connectivity index (χ2v) is 5.46. The van der Waals surface area contributed by atoms with Gasteiger partial charge in [0, 0.05) is 6.04 Å². The molecular weight excluding hydrogens is 262 g/mol. The van der Waals surface area contributed by atoms with Gasteiger partial charge >= 0.3 is 0 Å². The van der Waals surface area contributed by atoms with Crippen molar-refractivity contribution in [3.8, 4) is 5.75 Å². The zero-order valence-electron chi connectivity index (χ0n) is 11.9. The predicted octanol–water partition coefficient (Wildman–Crippen LogP) is 3.33. The Morgan fingerprint density at radius 3 is 2.63 bits per heavy atom. The first-order valence-corrected chi connectivity index (χ1v) is 7.14. The van der Waals surface area contributed by atoms with Crippen LogP contribution in [-0.2, 0) is 0 Å². The van der Waals surface area contributed by atoms with Gasteiger partial charge in [0.25, 0.3) is 0 Å². The highest BCUT2D eigenvalue weighted by molar-refractivity contribution is 6.32. The van der Waals surface area contributed by atoms with Gasteiger partial charge in [-0.1, -0.05) is 37.9 Å². The summed E-state index contributed by atoms with van der Waals surface area (Å²) in [4.78, 5) is 0. The van der Waals surface area contributed by atoms with Gasteiger partial charge in [-0.05, 0) is 36.5 Å². The third-order valence-electron chi connectivity index (χ3n) is 3.46. The number of aliphatic hydroxyl groups excluding tert-OH is 1. The van der Waals surface area contributed by atoms with E-state index in [2.05, 4.69) is 13.8 Å². The summed E-state index contributed by atoms with van der Waals surface area (Å²) >= 11 is 6.11. The van der Waals surface area contributed by atoms with Crippen LogP contribution in [0, 0.1) is 0 Å². The summed E-state index contributed by atoms with van der Waals surface area (Å²) in [5, 5.41) is 10.7. The Morgan fingerprint density at radius 2 is 2.11 bits per heavy atom. The maximum absolute atomic E-state index is 10.1. The number of hydrogen-bond acceptors (Lipinski definition) is 3. The molecular formula is C15H24ClNO2. The Kier molecular flexibility index (Phi) is 6.63. The Balaban J connectivity index is 2.67. The van der Waals surface area contributed by atoms with E-state index in [1.54, 1.807) is 7.11 Å². The van der Waals surface area contributed by atoms with Crippen molar-refractivity contribution in [1.82, 2.24) is 0 Å². The Labute approximate surface area is 120 Å². The number of nitrogens with two attached hydrogens (primary N) is 1. The van der Waals surface area contributed by atoms with Crippen molar-refractivity contribution in [2.45, 2.75) is 51.2 Å². The number of ether oxygens (including phenoxy) is 1. The van der Waals surface area contributed by atoms with Crippen molar-refractivity contribution in [3.05, 3.63) is 28.8 Å². The fourth-order valence-corrected chi connectivity index (χ4v) is 2.45. The molecule has 1 aromatic rings. The zero-order chi connectivity index (χ0) is 14.4. The molecule has 108 valence electrons. The molecule has 4 heteroatoms. The lowest BCUT2D eigenvalue weighted by Crippen LogP contribution is -2.35. The molecule has 3 unspecified atom stereocenters. The molecule has 3 nitrogen and oxygen atoms in total. The molecule has 0 saturated heterocycles. The van der Waals surface area contributed by atoms with Gasteiger partial charge in [-0.2, -0.15) is 0 Å². The van der Waals surface area contributed by atoms with Crippen molar-refractivity contribution in [3.63, 3.8) is 0 Å². The largest absolute Gasteiger partial charge is 0.495 e. The summed E-state index contributed by atoms with van der Waals surface area (Å²) in [6.45, 7) is 4.14. The molecule has 0 aliphatic carbocycles. The first-order chi connectivity index (χ1) is 8.99. The van der Waals surface area contributed by atoms with Crippen molar-refractivity contribution in [1.29, 1.82) is 0 Å². The van der Waals surface area contributed by atoms with E-state index in [0.29, 0.717) is 17.2 Å². The van der Waals surface area contributed by atoms with E-state index < -0.39 is 6.10 Å². The number of hydrogen-bond donors (Lipinski definition) is 2. The summed E-state index contributed by atoms with van der Waals surface area (Å²) in [7, 11) is 1.60. The standard InChI is InChI=1S/C15H24ClNO2/c1-4-5-13(17)14(18)8-10(2)11-6-7-15(19-3)12(16)9-11/h6-7,9-10,13-14,18H,4-5,8,17H2,1-3H3. The van der Waals surface area contributed by atoms with Gasteiger partial charge in [-0.3, -0.25) is 0 Å². The molecule has 0 fully saturated rings. The third-order valence-corrected chi connectivity index (χ3v) is 3.75. The predicted molar refractivity (Wildman–Crippen MR) is 79.9 cm³/mol. The van der Waals surface area contributed by atoms with Gasteiger partial charge in [0.1, 0.15) is 5.75 Å². The van der Waals surface area contributed by atoms with E-state index in [9.17, 15) is 5.11 Å². The van der Waals surface area contributed by atoms with Crippen molar-refractivity contribution >= 4 is 11.6 Å².